The van der Waals surface area contributed by atoms with Crippen LogP contribution in [0.2, 0.25) is 5.02 Å². The number of benzene rings is 1. The van der Waals surface area contributed by atoms with Gasteiger partial charge in [0.1, 0.15) is 18.0 Å². The number of nitrogens with zero attached hydrogens (tertiary/aromatic N) is 2. The Morgan fingerprint density at radius 3 is 2.84 bits per heavy atom. The zero-order valence-corrected chi connectivity index (χ0v) is 11.3. The van der Waals surface area contributed by atoms with Crippen LogP contribution in [0, 0.1) is 6.92 Å². The summed E-state index contributed by atoms with van der Waals surface area (Å²) < 4.78 is 7.68. The van der Waals surface area contributed by atoms with Gasteiger partial charge in [-0.2, -0.15) is 0 Å². The number of aryl methyl sites for hydroxylation is 1. The molecule has 0 N–H and O–H groups in total. The molecule has 1 aromatic carbocycles. The summed E-state index contributed by atoms with van der Waals surface area (Å²) in [6.07, 6.45) is 3.76. The Morgan fingerprint density at radius 2 is 2.00 bits per heavy atom. The van der Waals surface area contributed by atoms with E-state index in [0.29, 0.717) is 11.6 Å². The van der Waals surface area contributed by atoms with Gasteiger partial charge in [0.2, 0.25) is 0 Å². The van der Waals surface area contributed by atoms with Crippen LogP contribution in [0.4, 0.5) is 0 Å². The standard InChI is InChI=1S/C15H13ClN2O/c1-11-4-2-3-5-14(11)19-10-13-9-18-8-12(16)6-7-15(18)17-13/h2-9H,10H2,1H3. The van der Waals surface area contributed by atoms with Gasteiger partial charge in [-0.05, 0) is 30.7 Å². The maximum atomic E-state index is 5.94. The highest BCUT2D eigenvalue weighted by Crippen LogP contribution is 2.18. The normalized spacial score (nSPS) is 10.8. The van der Waals surface area contributed by atoms with Crippen molar-refractivity contribution in [3.63, 3.8) is 0 Å². The van der Waals surface area contributed by atoms with Crippen molar-refractivity contribution >= 4 is 17.2 Å². The molecule has 0 amide bonds. The number of imidazole rings is 1. The van der Waals surface area contributed by atoms with Crippen molar-refractivity contribution < 1.29 is 4.74 Å². The summed E-state index contributed by atoms with van der Waals surface area (Å²) in [5.74, 6) is 0.887. The predicted molar refractivity (Wildman–Crippen MR) is 75.7 cm³/mol. The molecule has 0 fully saturated rings. The quantitative estimate of drug-likeness (QED) is 0.723. The number of rotatable bonds is 3. The number of aromatic nitrogens is 2. The maximum absolute atomic E-state index is 5.94. The highest BCUT2D eigenvalue weighted by atomic mass is 35.5. The van der Waals surface area contributed by atoms with Crippen LogP contribution in [-0.4, -0.2) is 9.38 Å². The van der Waals surface area contributed by atoms with Crippen LogP contribution in [0.25, 0.3) is 5.65 Å². The highest BCUT2D eigenvalue weighted by molar-refractivity contribution is 6.30. The Bertz CT molecular complexity index is 721. The van der Waals surface area contributed by atoms with Gasteiger partial charge in [-0.25, -0.2) is 4.98 Å². The van der Waals surface area contributed by atoms with Gasteiger partial charge in [-0.1, -0.05) is 29.8 Å². The summed E-state index contributed by atoms with van der Waals surface area (Å²) in [5.41, 5.74) is 2.87. The number of pyridine rings is 1. The van der Waals surface area contributed by atoms with Crippen LogP contribution in [0.3, 0.4) is 0 Å². The molecule has 3 nitrogen and oxygen atoms in total. The lowest BCUT2D eigenvalue weighted by Gasteiger charge is -2.06. The number of para-hydroxylation sites is 1. The molecule has 2 heterocycles. The summed E-state index contributed by atoms with van der Waals surface area (Å²) in [6, 6.07) is 11.7. The Kier molecular flexibility index (Phi) is 3.13. The second kappa shape index (κ2) is 4.94. The molecule has 96 valence electrons. The van der Waals surface area contributed by atoms with Crippen molar-refractivity contribution in [1.29, 1.82) is 0 Å². The van der Waals surface area contributed by atoms with E-state index in [2.05, 4.69) is 4.98 Å². The van der Waals surface area contributed by atoms with Crippen LogP contribution < -0.4 is 4.74 Å². The van der Waals surface area contributed by atoms with E-state index in [9.17, 15) is 0 Å². The third kappa shape index (κ3) is 2.56. The van der Waals surface area contributed by atoms with Gasteiger partial charge >= 0.3 is 0 Å². The minimum atomic E-state index is 0.449. The number of fused-ring (bicyclic) bond motifs is 1. The van der Waals surface area contributed by atoms with Crippen molar-refractivity contribution in [2.75, 3.05) is 0 Å². The molecule has 0 spiro atoms. The zero-order chi connectivity index (χ0) is 13.2. The molecule has 0 aliphatic rings. The molecule has 0 bridgehead atoms. The highest BCUT2D eigenvalue weighted by Gasteiger charge is 2.04. The minimum Gasteiger partial charge on any atom is -0.487 e. The van der Waals surface area contributed by atoms with E-state index < -0.39 is 0 Å². The molecule has 0 saturated carbocycles. The van der Waals surface area contributed by atoms with E-state index >= 15 is 0 Å². The smallest absolute Gasteiger partial charge is 0.137 e. The molecule has 19 heavy (non-hydrogen) atoms. The molecule has 0 unspecified atom stereocenters. The fourth-order valence-electron chi connectivity index (χ4n) is 1.96. The lowest BCUT2D eigenvalue weighted by molar-refractivity contribution is 0.300. The van der Waals surface area contributed by atoms with Gasteiger partial charge < -0.3 is 9.14 Å². The molecule has 0 saturated heterocycles. The molecule has 0 aliphatic carbocycles. The van der Waals surface area contributed by atoms with Crippen LogP contribution in [-0.2, 0) is 6.61 Å². The second-order valence-corrected chi connectivity index (χ2v) is 4.84. The summed E-state index contributed by atoms with van der Waals surface area (Å²) in [6.45, 7) is 2.48. The van der Waals surface area contributed by atoms with Gasteiger partial charge in [-0.15, -0.1) is 0 Å². The zero-order valence-electron chi connectivity index (χ0n) is 10.5. The first-order valence-electron chi connectivity index (χ1n) is 6.04. The predicted octanol–water partition coefficient (Wildman–Crippen LogP) is 3.88. The number of hydrogen-bond donors (Lipinski definition) is 0. The Morgan fingerprint density at radius 1 is 1.16 bits per heavy atom. The maximum Gasteiger partial charge on any atom is 0.137 e. The lowest BCUT2D eigenvalue weighted by atomic mass is 10.2. The van der Waals surface area contributed by atoms with Crippen LogP contribution in [0.15, 0.2) is 48.8 Å². The summed E-state index contributed by atoms with van der Waals surface area (Å²) in [5, 5.41) is 0.691. The second-order valence-electron chi connectivity index (χ2n) is 4.40. The lowest BCUT2D eigenvalue weighted by Crippen LogP contribution is -1.96. The summed E-state index contributed by atoms with van der Waals surface area (Å²) in [4.78, 5) is 4.48. The first kappa shape index (κ1) is 12.1. The first-order chi connectivity index (χ1) is 9.22. The van der Waals surface area contributed by atoms with Gasteiger partial charge in [0.05, 0.1) is 10.7 Å². The topological polar surface area (TPSA) is 26.5 Å². The van der Waals surface area contributed by atoms with E-state index in [1.807, 2.05) is 60.1 Å². The van der Waals surface area contributed by atoms with Crippen molar-refractivity contribution in [2.45, 2.75) is 13.5 Å². The Balaban J connectivity index is 1.80. The fourth-order valence-corrected chi connectivity index (χ4v) is 2.12. The van der Waals surface area contributed by atoms with Crippen LogP contribution in [0.1, 0.15) is 11.3 Å². The summed E-state index contributed by atoms with van der Waals surface area (Å²) in [7, 11) is 0. The molecule has 0 atom stereocenters. The first-order valence-corrected chi connectivity index (χ1v) is 6.42. The van der Waals surface area contributed by atoms with E-state index in [1.165, 1.54) is 0 Å². The van der Waals surface area contributed by atoms with E-state index in [4.69, 9.17) is 16.3 Å². The molecule has 3 aromatic rings. The van der Waals surface area contributed by atoms with Gasteiger partial charge in [0.25, 0.3) is 0 Å². The number of hydrogen-bond acceptors (Lipinski definition) is 2. The Labute approximate surface area is 116 Å². The molecular formula is C15H13ClN2O. The van der Waals surface area contributed by atoms with E-state index in [1.54, 1.807) is 0 Å². The van der Waals surface area contributed by atoms with Gasteiger partial charge in [0, 0.05) is 12.4 Å². The van der Waals surface area contributed by atoms with Crippen molar-refractivity contribution in [1.82, 2.24) is 9.38 Å². The average Bonchev–Trinajstić information content (AvgIpc) is 2.79. The van der Waals surface area contributed by atoms with Gasteiger partial charge in [0.15, 0.2) is 0 Å². The van der Waals surface area contributed by atoms with Crippen LogP contribution >= 0.6 is 11.6 Å². The third-order valence-corrected chi connectivity index (χ3v) is 3.16. The van der Waals surface area contributed by atoms with Crippen molar-refractivity contribution in [3.05, 3.63) is 65.1 Å². The largest absolute Gasteiger partial charge is 0.487 e. The number of halogens is 1. The Hall–Kier alpha value is -2.00. The SMILES string of the molecule is Cc1ccccc1OCc1cn2cc(Cl)ccc2n1. The van der Waals surface area contributed by atoms with Crippen LogP contribution in [0.5, 0.6) is 5.75 Å². The van der Waals surface area contributed by atoms with E-state index in [-0.39, 0.29) is 0 Å². The van der Waals surface area contributed by atoms with Crippen molar-refractivity contribution in [2.24, 2.45) is 0 Å². The summed E-state index contributed by atoms with van der Waals surface area (Å²) >= 11 is 5.94. The molecule has 2 aromatic heterocycles. The molecular weight excluding hydrogens is 260 g/mol. The molecule has 3 rings (SSSR count). The molecule has 0 aliphatic heterocycles. The van der Waals surface area contributed by atoms with E-state index in [0.717, 1.165) is 22.7 Å². The molecule has 4 heteroatoms. The van der Waals surface area contributed by atoms with Gasteiger partial charge in [-0.3, -0.25) is 0 Å². The minimum absolute atomic E-state index is 0.449. The monoisotopic (exact) mass is 272 g/mol. The fraction of sp³-hybridized carbons (Fsp3) is 0.133. The third-order valence-electron chi connectivity index (χ3n) is 2.93. The van der Waals surface area contributed by atoms with Crippen molar-refractivity contribution in [3.8, 4) is 5.75 Å². The average molecular weight is 273 g/mol. The molecule has 0 radical (unpaired) electrons. The number of ether oxygens (including phenoxy) is 1.